The molecule has 9 nitrogen and oxygen atoms in total. The second-order valence-electron chi connectivity index (χ2n) is 10.3. The molecule has 0 bridgehead atoms. The number of nitrogens with zero attached hydrogens (tertiary/aromatic N) is 4. The monoisotopic (exact) mass is 553 g/mol. The summed E-state index contributed by atoms with van der Waals surface area (Å²) in [6.45, 7) is 5.25. The SMILES string of the molecule is Cn1c(=O)cc(NCCCN2CCN(C(c3ccccc3)c3ccccc3)CC2)n(-c2cccc(C(=O)O)c2)c1=O. The Kier molecular flexibility index (Phi) is 8.76. The Bertz CT molecular complexity index is 1550. The molecule has 1 fully saturated rings. The summed E-state index contributed by atoms with van der Waals surface area (Å²) in [5, 5.41) is 12.6. The van der Waals surface area contributed by atoms with Gasteiger partial charge in [0.2, 0.25) is 0 Å². The van der Waals surface area contributed by atoms with Gasteiger partial charge in [-0.2, -0.15) is 0 Å². The highest BCUT2D eigenvalue weighted by Crippen LogP contribution is 2.29. The highest BCUT2D eigenvalue weighted by molar-refractivity contribution is 5.88. The summed E-state index contributed by atoms with van der Waals surface area (Å²) in [6, 6.07) is 29.0. The molecule has 41 heavy (non-hydrogen) atoms. The van der Waals surface area contributed by atoms with Crippen molar-refractivity contribution < 1.29 is 9.90 Å². The fraction of sp³-hybridized carbons (Fsp3) is 0.281. The van der Waals surface area contributed by atoms with Crippen molar-refractivity contribution >= 4 is 11.8 Å². The second-order valence-corrected chi connectivity index (χ2v) is 10.3. The molecule has 4 aromatic rings. The Morgan fingerprint density at radius 1 is 0.854 bits per heavy atom. The maximum absolute atomic E-state index is 13.0. The normalized spacial score (nSPS) is 14.3. The summed E-state index contributed by atoms with van der Waals surface area (Å²) in [5.41, 5.74) is 2.08. The third-order valence-corrected chi connectivity index (χ3v) is 7.62. The van der Waals surface area contributed by atoms with E-state index in [0.29, 0.717) is 18.1 Å². The highest BCUT2D eigenvalue weighted by Gasteiger charge is 2.26. The first-order valence-corrected chi connectivity index (χ1v) is 13.9. The molecule has 0 atom stereocenters. The number of carboxylic acid groups (broad SMARTS) is 1. The van der Waals surface area contributed by atoms with Gasteiger partial charge in [0, 0.05) is 45.8 Å². The van der Waals surface area contributed by atoms with Crippen LogP contribution in [0.15, 0.2) is 101 Å². The summed E-state index contributed by atoms with van der Waals surface area (Å²) in [7, 11) is 1.41. The predicted octanol–water partition coefficient (Wildman–Crippen LogP) is 3.44. The van der Waals surface area contributed by atoms with Crippen LogP contribution in [0.25, 0.3) is 5.69 Å². The van der Waals surface area contributed by atoms with Crippen LogP contribution < -0.4 is 16.6 Å². The number of carboxylic acids is 1. The number of nitrogens with one attached hydrogen (secondary N) is 1. The first-order chi connectivity index (χ1) is 19.9. The number of piperazine rings is 1. The zero-order chi connectivity index (χ0) is 28.8. The average Bonchev–Trinajstić information content (AvgIpc) is 3.00. The number of benzene rings is 3. The number of carbonyl (C=O) groups is 1. The van der Waals surface area contributed by atoms with Crippen molar-refractivity contribution in [2.75, 3.05) is 44.6 Å². The number of aromatic nitrogens is 2. The minimum atomic E-state index is -1.09. The Balaban J connectivity index is 1.21. The molecule has 0 unspecified atom stereocenters. The molecule has 212 valence electrons. The van der Waals surface area contributed by atoms with E-state index in [2.05, 4.69) is 75.8 Å². The smallest absolute Gasteiger partial charge is 0.336 e. The zero-order valence-electron chi connectivity index (χ0n) is 23.1. The number of aromatic carboxylic acids is 1. The number of anilines is 1. The number of rotatable bonds is 10. The van der Waals surface area contributed by atoms with E-state index < -0.39 is 17.2 Å². The van der Waals surface area contributed by atoms with Gasteiger partial charge in [-0.25, -0.2) is 14.2 Å². The zero-order valence-corrected chi connectivity index (χ0v) is 23.1. The lowest BCUT2D eigenvalue weighted by Gasteiger charge is -2.40. The maximum atomic E-state index is 13.0. The van der Waals surface area contributed by atoms with Crippen LogP contribution in [0.2, 0.25) is 0 Å². The van der Waals surface area contributed by atoms with Crippen LogP contribution in [0.3, 0.4) is 0 Å². The average molecular weight is 554 g/mol. The fourth-order valence-electron chi connectivity index (χ4n) is 5.43. The lowest BCUT2D eigenvalue weighted by atomic mass is 9.96. The quantitative estimate of drug-likeness (QED) is 0.290. The van der Waals surface area contributed by atoms with Gasteiger partial charge in [0.25, 0.3) is 5.56 Å². The van der Waals surface area contributed by atoms with Crippen molar-refractivity contribution in [1.29, 1.82) is 0 Å². The maximum Gasteiger partial charge on any atom is 0.336 e. The third kappa shape index (κ3) is 6.48. The Morgan fingerprint density at radius 2 is 1.49 bits per heavy atom. The predicted molar refractivity (Wildman–Crippen MR) is 160 cm³/mol. The van der Waals surface area contributed by atoms with E-state index in [1.807, 2.05) is 0 Å². The number of hydrogen-bond donors (Lipinski definition) is 2. The molecule has 0 aliphatic carbocycles. The summed E-state index contributed by atoms with van der Waals surface area (Å²) >= 11 is 0. The molecule has 2 N–H and O–H groups in total. The van der Waals surface area contributed by atoms with Crippen LogP contribution in [0.5, 0.6) is 0 Å². The summed E-state index contributed by atoms with van der Waals surface area (Å²) in [6.07, 6.45) is 0.819. The van der Waals surface area contributed by atoms with Crippen molar-refractivity contribution in [3.8, 4) is 5.69 Å². The summed E-state index contributed by atoms with van der Waals surface area (Å²) < 4.78 is 2.36. The lowest BCUT2D eigenvalue weighted by molar-refractivity contribution is 0.0697. The summed E-state index contributed by atoms with van der Waals surface area (Å²) in [5.74, 6) is -0.739. The molecular weight excluding hydrogens is 518 g/mol. The van der Waals surface area contributed by atoms with E-state index in [1.165, 1.54) is 40.9 Å². The van der Waals surface area contributed by atoms with Crippen LogP contribution in [-0.4, -0.2) is 69.3 Å². The van der Waals surface area contributed by atoms with Crippen LogP contribution in [0.4, 0.5) is 5.82 Å². The van der Waals surface area contributed by atoms with Gasteiger partial charge in [-0.05, 0) is 42.3 Å². The van der Waals surface area contributed by atoms with Gasteiger partial charge in [-0.1, -0.05) is 66.7 Å². The van der Waals surface area contributed by atoms with Crippen molar-refractivity contribution in [3.05, 3.63) is 129 Å². The van der Waals surface area contributed by atoms with Crippen molar-refractivity contribution in [2.24, 2.45) is 7.05 Å². The van der Waals surface area contributed by atoms with Gasteiger partial charge in [0.1, 0.15) is 5.82 Å². The third-order valence-electron chi connectivity index (χ3n) is 7.62. The molecule has 1 aliphatic rings. The minimum Gasteiger partial charge on any atom is -0.478 e. The molecule has 1 saturated heterocycles. The van der Waals surface area contributed by atoms with Gasteiger partial charge in [0.15, 0.2) is 0 Å². The van der Waals surface area contributed by atoms with Gasteiger partial charge in [-0.15, -0.1) is 0 Å². The molecule has 0 amide bonds. The Morgan fingerprint density at radius 3 is 2.10 bits per heavy atom. The minimum absolute atomic E-state index is 0.0649. The van der Waals surface area contributed by atoms with Crippen molar-refractivity contribution in [2.45, 2.75) is 12.5 Å². The van der Waals surface area contributed by atoms with E-state index in [-0.39, 0.29) is 11.6 Å². The van der Waals surface area contributed by atoms with Gasteiger partial charge >= 0.3 is 11.7 Å². The first-order valence-electron chi connectivity index (χ1n) is 13.9. The molecule has 0 spiro atoms. The molecule has 0 radical (unpaired) electrons. The topological polar surface area (TPSA) is 99.8 Å². The van der Waals surface area contributed by atoms with Crippen LogP contribution in [-0.2, 0) is 7.05 Å². The molecule has 0 saturated carbocycles. The van der Waals surface area contributed by atoms with E-state index in [9.17, 15) is 19.5 Å². The van der Waals surface area contributed by atoms with Crippen molar-refractivity contribution in [3.63, 3.8) is 0 Å². The van der Waals surface area contributed by atoms with Gasteiger partial charge < -0.3 is 15.3 Å². The van der Waals surface area contributed by atoms with E-state index in [0.717, 1.165) is 43.7 Å². The standard InChI is InChI=1S/C32H35N5O4/c1-34-29(38)23-28(37(32(34)41)27-15-8-14-26(22-27)31(39)40)33-16-9-17-35-18-20-36(21-19-35)30(24-10-4-2-5-11-24)25-12-6-3-7-13-25/h2-8,10-15,22-23,30,33H,9,16-21H2,1H3,(H,39,40). The fourth-order valence-corrected chi connectivity index (χ4v) is 5.43. The Labute approximate surface area is 238 Å². The lowest BCUT2D eigenvalue weighted by Crippen LogP contribution is -2.48. The molecular formula is C32H35N5O4. The Hall–Kier alpha value is -4.47. The molecule has 1 aliphatic heterocycles. The first kappa shape index (κ1) is 28.1. The van der Waals surface area contributed by atoms with Crippen molar-refractivity contribution in [1.82, 2.24) is 18.9 Å². The molecule has 3 aromatic carbocycles. The molecule has 1 aromatic heterocycles. The van der Waals surface area contributed by atoms with Gasteiger partial charge in [-0.3, -0.25) is 14.3 Å². The van der Waals surface area contributed by atoms with Gasteiger partial charge in [0.05, 0.1) is 17.3 Å². The molecule has 5 rings (SSSR count). The van der Waals surface area contributed by atoms with E-state index >= 15 is 0 Å². The highest BCUT2D eigenvalue weighted by atomic mass is 16.4. The number of hydrogen-bond acceptors (Lipinski definition) is 6. The summed E-state index contributed by atoms with van der Waals surface area (Å²) in [4.78, 5) is 41.8. The van der Waals surface area contributed by atoms with Crippen LogP contribution in [0.1, 0.15) is 33.9 Å². The largest absolute Gasteiger partial charge is 0.478 e. The van der Waals surface area contributed by atoms with E-state index in [4.69, 9.17) is 0 Å². The van der Waals surface area contributed by atoms with Crippen LogP contribution in [0, 0.1) is 0 Å². The molecule has 2 heterocycles. The van der Waals surface area contributed by atoms with Crippen LogP contribution >= 0.6 is 0 Å². The van der Waals surface area contributed by atoms with E-state index in [1.54, 1.807) is 12.1 Å². The second kappa shape index (κ2) is 12.8. The molecule has 9 heteroatoms.